The van der Waals surface area contributed by atoms with Crippen LogP contribution in [-0.4, -0.2) is 34.0 Å². The third-order valence-corrected chi connectivity index (χ3v) is 8.17. The van der Waals surface area contributed by atoms with Crippen LogP contribution in [0.4, 0.5) is 5.69 Å². The fourth-order valence-electron chi connectivity index (χ4n) is 4.24. The van der Waals surface area contributed by atoms with Crippen LogP contribution in [0, 0.1) is 12.8 Å². The van der Waals surface area contributed by atoms with Crippen LogP contribution >= 0.6 is 23.1 Å². The van der Waals surface area contributed by atoms with Gasteiger partial charge in [0, 0.05) is 22.3 Å². The van der Waals surface area contributed by atoms with Gasteiger partial charge < -0.3 is 9.84 Å². The van der Waals surface area contributed by atoms with E-state index in [4.69, 9.17) is 4.52 Å². The summed E-state index contributed by atoms with van der Waals surface area (Å²) in [6.45, 7) is 4.35. The lowest BCUT2D eigenvalue weighted by Crippen LogP contribution is -2.37. The Kier molecular flexibility index (Phi) is 7.61. The molecule has 0 radical (unpaired) electrons. The number of thiophene rings is 1. The highest BCUT2D eigenvalue weighted by Crippen LogP contribution is 2.27. The minimum Gasteiger partial charge on any atom is -0.338 e. The zero-order valence-corrected chi connectivity index (χ0v) is 21.3. The molecule has 5 rings (SSSR count). The van der Waals surface area contributed by atoms with Gasteiger partial charge in [0.05, 0.1) is 11.4 Å². The van der Waals surface area contributed by atoms with E-state index in [2.05, 4.69) is 63.7 Å². The lowest BCUT2D eigenvalue weighted by atomic mass is 9.95. The molecule has 3 heterocycles. The molecule has 35 heavy (non-hydrogen) atoms. The van der Waals surface area contributed by atoms with Gasteiger partial charge in [0.25, 0.3) is 0 Å². The van der Waals surface area contributed by atoms with Crippen molar-refractivity contribution in [1.29, 1.82) is 0 Å². The number of piperidine rings is 1. The summed E-state index contributed by atoms with van der Waals surface area (Å²) in [6, 6.07) is 20.7. The van der Waals surface area contributed by atoms with Crippen LogP contribution in [0.3, 0.4) is 0 Å². The monoisotopic (exact) mass is 504 g/mol. The lowest BCUT2D eigenvalue weighted by molar-refractivity contribution is -0.121. The van der Waals surface area contributed by atoms with Gasteiger partial charge in [0.2, 0.25) is 17.6 Å². The molecule has 2 aromatic heterocycles. The Balaban J connectivity index is 1.09. The average Bonchev–Trinajstić information content (AvgIpc) is 3.58. The summed E-state index contributed by atoms with van der Waals surface area (Å²) in [5, 5.41) is 9.25. The van der Waals surface area contributed by atoms with E-state index in [1.165, 1.54) is 10.5 Å². The van der Waals surface area contributed by atoms with Gasteiger partial charge in [-0.3, -0.25) is 9.69 Å². The number of benzene rings is 2. The molecule has 0 bridgehead atoms. The Hall–Kier alpha value is -2.94. The minimum absolute atomic E-state index is 0.0170. The zero-order valence-electron chi connectivity index (χ0n) is 19.6. The Bertz CT molecular complexity index is 1250. The molecule has 4 aromatic rings. The predicted molar refractivity (Wildman–Crippen MR) is 141 cm³/mol. The highest BCUT2D eigenvalue weighted by Gasteiger charge is 2.26. The minimum atomic E-state index is 0.0170. The van der Waals surface area contributed by atoms with Crippen LogP contribution in [-0.2, 0) is 17.1 Å². The van der Waals surface area contributed by atoms with Gasteiger partial charge in [-0.05, 0) is 73.6 Å². The number of amides is 1. The van der Waals surface area contributed by atoms with E-state index in [1.807, 2.05) is 41.4 Å². The van der Waals surface area contributed by atoms with E-state index >= 15 is 0 Å². The van der Waals surface area contributed by atoms with Gasteiger partial charge in [-0.25, -0.2) is 0 Å². The third-order valence-electron chi connectivity index (χ3n) is 6.22. The van der Waals surface area contributed by atoms with Gasteiger partial charge in [0.1, 0.15) is 0 Å². The maximum Gasteiger partial charge on any atom is 0.241 e. The first-order valence-corrected chi connectivity index (χ1v) is 13.7. The number of hydrogen-bond donors (Lipinski definition) is 1. The van der Waals surface area contributed by atoms with E-state index in [0.29, 0.717) is 18.3 Å². The normalized spacial score (nSPS) is 14.8. The van der Waals surface area contributed by atoms with E-state index in [9.17, 15) is 4.79 Å². The second kappa shape index (κ2) is 11.2. The van der Waals surface area contributed by atoms with Crippen molar-refractivity contribution in [3.8, 4) is 10.7 Å². The molecule has 1 aliphatic rings. The Morgan fingerprint density at radius 1 is 1.14 bits per heavy atom. The molecular formula is C27H28N4O2S2. The molecule has 1 amide bonds. The van der Waals surface area contributed by atoms with Crippen LogP contribution < -0.4 is 5.32 Å². The molecule has 1 fully saturated rings. The van der Waals surface area contributed by atoms with Crippen LogP contribution in [0.5, 0.6) is 0 Å². The number of carbonyl (C=O) groups is 1. The summed E-state index contributed by atoms with van der Waals surface area (Å²) in [7, 11) is 0. The maximum atomic E-state index is 12.9. The first-order chi connectivity index (χ1) is 17.1. The van der Waals surface area contributed by atoms with Gasteiger partial charge >= 0.3 is 0 Å². The van der Waals surface area contributed by atoms with Crippen molar-refractivity contribution in [2.24, 2.45) is 5.92 Å². The SMILES string of the molecule is Cc1cc(CSc2ccccc2)ccc1NC(=O)C1CCN(Cc2nc(-c3cccs3)no2)CC1. The lowest BCUT2D eigenvalue weighted by Gasteiger charge is -2.30. The molecular weight excluding hydrogens is 476 g/mol. The summed E-state index contributed by atoms with van der Waals surface area (Å²) in [6.07, 6.45) is 1.64. The molecule has 1 N–H and O–H groups in total. The highest BCUT2D eigenvalue weighted by molar-refractivity contribution is 7.98. The number of hydrogen-bond acceptors (Lipinski definition) is 7. The quantitative estimate of drug-likeness (QED) is 0.286. The molecule has 0 saturated carbocycles. The molecule has 6 nitrogen and oxygen atoms in total. The van der Waals surface area contributed by atoms with Crippen LogP contribution in [0.15, 0.2) is 75.5 Å². The first-order valence-electron chi connectivity index (χ1n) is 11.8. The van der Waals surface area contributed by atoms with E-state index < -0.39 is 0 Å². The van der Waals surface area contributed by atoms with Crippen molar-refractivity contribution < 1.29 is 9.32 Å². The maximum absolute atomic E-state index is 12.9. The third kappa shape index (κ3) is 6.20. The van der Waals surface area contributed by atoms with Gasteiger partial charge in [-0.2, -0.15) is 4.98 Å². The summed E-state index contributed by atoms with van der Waals surface area (Å²) in [4.78, 5) is 22.0. The van der Waals surface area contributed by atoms with Crippen LogP contribution in [0.1, 0.15) is 29.9 Å². The average molecular weight is 505 g/mol. The number of thioether (sulfide) groups is 1. The van der Waals surface area contributed by atoms with E-state index in [1.54, 1.807) is 11.3 Å². The molecule has 8 heteroatoms. The van der Waals surface area contributed by atoms with Gasteiger partial charge in [-0.15, -0.1) is 23.1 Å². The molecule has 0 unspecified atom stereocenters. The second-order valence-corrected chi connectivity index (χ2v) is 10.8. The van der Waals surface area contributed by atoms with Crippen molar-refractivity contribution in [3.05, 3.63) is 83.1 Å². The van der Waals surface area contributed by atoms with Crippen molar-refractivity contribution >= 4 is 34.7 Å². The number of rotatable bonds is 8. The summed E-state index contributed by atoms with van der Waals surface area (Å²) < 4.78 is 5.43. The summed E-state index contributed by atoms with van der Waals surface area (Å²) in [5.74, 6) is 2.30. The number of nitrogens with zero attached hydrogens (tertiary/aromatic N) is 3. The molecule has 0 aliphatic carbocycles. The fourth-order valence-corrected chi connectivity index (χ4v) is 5.76. The van der Waals surface area contributed by atoms with Gasteiger partial charge in [-0.1, -0.05) is 41.6 Å². The van der Waals surface area contributed by atoms with Crippen molar-refractivity contribution in [1.82, 2.24) is 15.0 Å². The van der Waals surface area contributed by atoms with Crippen LogP contribution in [0.25, 0.3) is 10.7 Å². The summed E-state index contributed by atoms with van der Waals surface area (Å²) >= 11 is 3.42. The predicted octanol–water partition coefficient (Wildman–Crippen LogP) is 6.25. The van der Waals surface area contributed by atoms with E-state index in [0.717, 1.165) is 47.8 Å². The number of nitrogens with one attached hydrogen (secondary N) is 1. The summed E-state index contributed by atoms with van der Waals surface area (Å²) in [5.41, 5.74) is 3.25. The van der Waals surface area contributed by atoms with Crippen molar-refractivity contribution in [3.63, 3.8) is 0 Å². The van der Waals surface area contributed by atoms with Gasteiger partial charge in [0.15, 0.2) is 0 Å². The standard InChI is InChI=1S/C27H28N4O2S2/c1-19-16-20(18-35-22-6-3-2-4-7-22)9-10-23(19)28-27(32)21-11-13-31(14-12-21)17-25-29-26(30-33-25)24-8-5-15-34-24/h2-10,15-16,21H,11-14,17-18H2,1H3,(H,28,32). The Morgan fingerprint density at radius 3 is 2.71 bits per heavy atom. The first kappa shape index (κ1) is 23.8. The Labute approximate surface area is 213 Å². The number of aryl methyl sites for hydroxylation is 1. The topological polar surface area (TPSA) is 71.3 Å². The molecule has 1 saturated heterocycles. The zero-order chi connectivity index (χ0) is 24.0. The molecule has 1 aliphatic heterocycles. The van der Waals surface area contributed by atoms with E-state index in [-0.39, 0.29) is 11.8 Å². The molecule has 180 valence electrons. The Morgan fingerprint density at radius 2 is 1.97 bits per heavy atom. The fraction of sp³-hybridized carbons (Fsp3) is 0.296. The second-order valence-electron chi connectivity index (χ2n) is 8.78. The highest BCUT2D eigenvalue weighted by atomic mass is 32.2. The smallest absolute Gasteiger partial charge is 0.241 e. The van der Waals surface area contributed by atoms with Crippen LogP contribution in [0.2, 0.25) is 0 Å². The number of carbonyl (C=O) groups excluding carboxylic acids is 1. The number of anilines is 1. The molecule has 2 aromatic carbocycles. The molecule has 0 spiro atoms. The molecule has 0 atom stereocenters. The number of likely N-dealkylation sites (tertiary alicyclic amines) is 1. The van der Waals surface area contributed by atoms with Crippen molar-refractivity contribution in [2.45, 2.75) is 37.0 Å². The van der Waals surface area contributed by atoms with Crippen molar-refractivity contribution in [2.75, 3.05) is 18.4 Å². The number of aromatic nitrogens is 2. The largest absolute Gasteiger partial charge is 0.338 e.